The maximum atomic E-state index is 13.2. The van der Waals surface area contributed by atoms with Crippen LogP contribution in [-0.2, 0) is 0 Å². The van der Waals surface area contributed by atoms with E-state index >= 15 is 0 Å². The molecule has 0 N–H and O–H groups in total. The highest BCUT2D eigenvalue weighted by atomic mass is 19.1. The Morgan fingerprint density at radius 3 is 2.06 bits per heavy atom. The minimum absolute atomic E-state index is 0.109. The van der Waals surface area contributed by atoms with Crippen LogP contribution >= 0.6 is 0 Å². The fourth-order valence-corrected chi connectivity index (χ4v) is 2.04. The summed E-state index contributed by atoms with van der Waals surface area (Å²) in [6, 6.07) is 2.87. The lowest BCUT2D eigenvalue weighted by Crippen LogP contribution is -2.21. The Kier molecular flexibility index (Phi) is 4.31. The van der Waals surface area contributed by atoms with E-state index in [-0.39, 0.29) is 17.0 Å². The lowest BCUT2D eigenvalue weighted by atomic mass is 9.78. The van der Waals surface area contributed by atoms with Crippen LogP contribution in [0.25, 0.3) is 0 Å². The zero-order chi connectivity index (χ0) is 14.1. The topological polar surface area (TPSA) is 17.1 Å². The van der Waals surface area contributed by atoms with E-state index in [2.05, 4.69) is 27.7 Å². The van der Waals surface area contributed by atoms with Gasteiger partial charge in [-0.15, -0.1) is 0 Å². The van der Waals surface area contributed by atoms with Gasteiger partial charge in [0, 0.05) is 12.0 Å². The van der Waals surface area contributed by atoms with Crippen LogP contribution in [0.15, 0.2) is 12.1 Å². The van der Waals surface area contributed by atoms with Crippen molar-refractivity contribution in [2.24, 2.45) is 11.3 Å². The predicted molar refractivity (Wildman–Crippen MR) is 73.4 cm³/mol. The first kappa shape index (κ1) is 14.9. The number of rotatable bonds is 3. The highest BCUT2D eigenvalue weighted by Gasteiger charge is 2.24. The Hall–Kier alpha value is -1.18. The molecule has 0 bridgehead atoms. The lowest BCUT2D eigenvalue weighted by molar-refractivity contribution is 0.0926. The molecule has 0 heterocycles. The first-order valence-corrected chi connectivity index (χ1v) is 6.43. The third kappa shape index (κ3) is 3.41. The van der Waals surface area contributed by atoms with Crippen molar-refractivity contribution in [2.45, 2.75) is 48.0 Å². The summed E-state index contributed by atoms with van der Waals surface area (Å²) in [5.74, 6) is 0.145. The van der Waals surface area contributed by atoms with Gasteiger partial charge in [0.1, 0.15) is 5.82 Å². The summed E-state index contributed by atoms with van der Waals surface area (Å²) in [4.78, 5) is 12.3. The van der Waals surface area contributed by atoms with E-state index in [0.717, 1.165) is 11.1 Å². The Balaban J connectivity index is 2.99. The summed E-state index contributed by atoms with van der Waals surface area (Å²) >= 11 is 0. The number of ketones is 1. The normalized spacial score (nSPS) is 13.5. The van der Waals surface area contributed by atoms with Crippen LogP contribution in [-0.4, -0.2) is 5.78 Å². The van der Waals surface area contributed by atoms with Gasteiger partial charge in [0.05, 0.1) is 0 Å². The molecule has 1 aromatic carbocycles. The molecule has 1 atom stereocenters. The minimum Gasteiger partial charge on any atom is -0.294 e. The molecule has 0 fully saturated rings. The zero-order valence-electron chi connectivity index (χ0n) is 12.2. The van der Waals surface area contributed by atoms with Crippen LogP contribution in [0, 0.1) is 31.0 Å². The van der Waals surface area contributed by atoms with E-state index in [4.69, 9.17) is 0 Å². The van der Waals surface area contributed by atoms with Gasteiger partial charge in [-0.05, 0) is 48.4 Å². The molecule has 1 unspecified atom stereocenters. The maximum absolute atomic E-state index is 13.2. The number of hydrogen-bond acceptors (Lipinski definition) is 1. The van der Waals surface area contributed by atoms with Crippen LogP contribution < -0.4 is 0 Å². The first-order valence-electron chi connectivity index (χ1n) is 6.43. The molecular formula is C16H23FO. The summed E-state index contributed by atoms with van der Waals surface area (Å²) in [5, 5.41) is 0. The molecule has 0 radical (unpaired) electrons. The molecule has 0 amide bonds. The van der Waals surface area contributed by atoms with Crippen LogP contribution in [0.2, 0.25) is 0 Å². The van der Waals surface area contributed by atoms with Crippen LogP contribution in [0.5, 0.6) is 0 Å². The van der Waals surface area contributed by atoms with Crippen LogP contribution in [0.1, 0.15) is 55.6 Å². The Labute approximate surface area is 109 Å². The quantitative estimate of drug-likeness (QED) is 0.711. The van der Waals surface area contributed by atoms with Crippen molar-refractivity contribution >= 4 is 5.78 Å². The predicted octanol–water partition coefficient (Wildman–Crippen LogP) is 4.70. The number of carbonyl (C=O) groups excluding carboxylic acids is 1. The van der Waals surface area contributed by atoms with Crippen molar-refractivity contribution < 1.29 is 9.18 Å². The highest BCUT2D eigenvalue weighted by molar-refractivity contribution is 5.98. The van der Waals surface area contributed by atoms with Gasteiger partial charge in [-0.2, -0.15) is 0 Å². The summed E-state index contributed by atoms with van der Waals surface area (Å²) in [6.07, 6.45) is 0.511. The SMILES string of the molecule is Cc1cc(F)cc(C)c1C(=O)CC(C)C(C)(C)C. The average Bonchev–Trinajstić information content (AvgIpc) is 2.13. The third-order valence-electron chi connectivity index (χ3n) is 3.75. The Bertz CT molecular complexity index is 432. The van der Waals surface area contributed by atoms with Gasteiger partial charge in [0.15, 0.2) is 5.78 Å². The second kappa shape index (κ2) is 5.21. The van der Waals surface area contributed by atoms with E-state index in [1.165, 1.54) is 12.1 Å². The van der Waals surface area contributed by atoms with Gasteiger partial charge in [-0.1, -0.05) is 27.7 Å². The smallest absolute Gasteiger partial charge is 0.163 e. The maximum Gasteiger partial charge on any atom is 0.163 e. The standard InChI is InChI=1S/C16H23FO/c1-10-7-13(17)8-11(2)15(10)14(18)9-12(3)16(4,5)6/h7-8,12H,9H2,1-6H3. The molecule has 0 aliphatic rings. The fourth-order valence-electron chi connectivity index (χ4n) is 2.04. The minimum atomic E-state index is -0.273. The molecular weight excluding hydrogens is 227 g/mol. The number of hydrogen-bond donors (Lipinski definition) is 0. The van der Waals surface area contributed by atoms with Crippen molar-refractivity contribution in [1.82, 2.24) is 0 Å². The molecule has 1 aromatic rings. The van der Waals surface area contributed by atoms with E-state index in [1.807, 2.05) is 0 Å². The number of aryl methyl sites for hydroxylation is 2. The lowest BCUT2D eigenvalue weighted by Gasteiger charge is -2.27. The molecule has 0 aliphatic heterocycles. The van der Waals surface area contributed by atoms with Crippen molar-refractivity contribution in [2.75, 3.05) is 0 Å². The van der Waals surface area contributed by atoms with E-state index in [1.54, 1.807) is 13.8 Å². The van der Waals surface area contributed by atoms with Gasteiger partial charge >= 0.3 is 0 Å². The van der Waals surface area contributed by atoms with Crippen molar-refractivity contribution in [1.29, 1.82) is 0 Å². The third-order valence-corrected chi connectivity index (χ3v) is 3.75. The number of halogens is 1. The van der Waals surface area contributed by atoms with Gasteiger partial charge in [0.2, 0.25) is 0 Å². The molecule has 1 nitrogen and oxygen atoms in total. The van der Waals surface area contributed by atoms with E-state index < -0.39 is 0 Å². The summed E-state index contributed by atoms with van der Waals surface area (Å²) < 4.78 is 13.2. The van der Waals surface area contributed by atoms with Gasteiger partial charge in [-0.3, -0.25) is 4.79 Å². The summed E-state index contributed by atoms with van der Waals surface area (Å²) in [6.45, 7) is 12.1. The van der Waals surface area contributed by atoms with Crippen molar-refractivity contribution in [3.05, 3.63) is 34.6 Å². The molecule has 18 heavy (non-hydrogen) atoms. The molecule has 0 saturated carbocycles. The Morgan fingerprint density at radius 2 is 1.67 bits per heavy atom. The number of carbonyl (C=O) groups is 1. The average molecular weight is 250 g/mol. The monoisotopic (exact) mass is 250 g/mol. The molecule has 0 aliphatic carbocycles. The van der Waals surface area contributed by atoms with E-state index in [9.17, 15) is 9.18 Å². The number of Topliss-reactive ketones (excluding diaryl/α,β-unsaturated/α-hetero) is 1. The van der Waals surface area contributed by atoms with Gasteiger partial charge in [0.25, 0.3) is 0 Å². The first-order chi connectivity index (χ1) is 8.12. The molecule has 100 valence electrons. The van der Waals surface area contributed by atoms with Crippen LogP contribution in [0.4, 0.5) is 4.39 Å². The largest absolute Gasteiger partial charge is 0.294 e. The molecule has 0 aromatic heterocycles. The second-order valence-corrected chi connectivity index (χ2v) is 6.31. The Morgan fingerprint density at radius 1 is 1.22 bits per heavy atom. The zero-order valence-corrected chi connectivity index (χ0v) is 12.2. The summed E-state index contributed by atoms with van der Waals surface area (Å²) in [7, 11) is 0. The molecule has 2 heteroatoms. The summed E-state index contributed by atoms with van der Waals surface area (Å²) in [5.41, 5.74) is 2.27. The fraction of sp³-hybridized carbons (Fsp3) is 0.562. The second-order valence-electron chi connectivity index (χ2n) is 6.31. The van der Waals surface area contributed by atoms with Crippen molar-refractivity contribution in [3.8, 4) is 0 Å². The molecule has 0 spiro atoms. The van der Waals surface area contributed by atoms with Gasteiger partial charge < -0.3 is 0 Å². The molecule has 1 rings (SSSR count). The molecule has 0 saturated heterocycles. The highest BCUT2D eigenvalue weighted by Crippen LogP contribution is 2.30. The van der Waals surface area contributed by atoms with Gasteiger partial charge in [-0.25, -0.2) is 4.39 Å². The van der Waals surface area contributed by atoms with E-state index in [0.29, 0.717) is 17.9 Å². The van der Waals surface area contributed by atoms with Crippen LogP contribution in [0.3, 0.4) is 0 Å². The van der Waals surface area contributed by atoms with Crippen molar-refractivity contribution in [3.63, 3.8) is 0 Å². The number of benzene rings is 1.